The number of hydrogen-bond donors (Lipinski definition) is 1. The Kier molecular flexibility index (Phi) is 4.21. The molecule has 0 spiro atoms. The van der Waals surface area contributed by atoms with Crippen LogP contribution in [0.3, 0.4) is 0 Å². The van der Waals surface area contributed by atoms with Crippen molar-refractivity contribution in [1.29, 1.82) is 0 Å². The van der Waals surface area contributed by atoms with Crippen molar-refractivity contribution in [1.82, 2.24) is 15.1 Å². The number of nitrogens with one attached hydrogen (secondary N) is 1. The molecule has 1 aliphatic carbocycles. The molecular formula is C14H25N3. The number of rotatable bonds is 6. The summed E-state index contributed by atoms with van der Waals surface area (Å²) in [6, 6.07) is 3.43. The average Bonchev–Trinajstić information content (AvgIpc) is 2.73. The molecule has 1 aliphatic rings. The number of aromatic nitrogens is 2. The highest BCUT2D eigenvalue weighted by atomic mass is 15.3. The summed E-state index contributed by atoms with van der Waals surface area (Å²) in [5.41, 5.74) is 1.18. The summed E-state index contributed by atoms with van der Waals surface area (Å²) in [5, 5.41) is 8.23. The van der Waals surface area contributed by atoms with Crippen LogP contribution in [0.4, 0.5) is 0 Å². The third-order valence-corrected chi connectivity index (χ3v) is 3.93. The fourth-order valence-electron chi connectivity index (χ4n) is 2.66. The summed E-state index contributed by atoms with van der Waals surface area (Å²) in [7, 11) is 0. The Balaban J connectivity index is 1.81. The molecule has 0 bridgehead atoms. The zero-order valence-corrected chi connectivity index (χ0v) is 11.3. The van der Waals surface area contributed by atoms with Gasteiger partial charge in [0.1, 0.15) is 0 Å². The molecule has 17 heavy (non-hydrogen) atoms. The van der Waals surface area contributed by atoms with Crippen LogP contribution in [0.15, 0.2) is 12.3 Å². The van der Waals surface area contributed by atoms with Crippen LogP contribution in [0.25, 0.3) is 0 Å². The quantitative estimate of drug-likeness (QED) is 0.821. The highest BCUT2D eigenvalue weighted by Gasteiger charge is 2.24. The molecule has 0 radical (unpaired) electrons. The third-order valence-electron chi connectivity index (χ3n) is 3.93. The minimum Gasteiger partial charge on any atom is -0.308 e. The Hall–Kier alpha value is -0.830. The maximum Gasteiger partial charge on any atom is 0.0762 e. The fourth-order valence-corrected chi connectivity index (χ4v) is 2.66. The Morgan fingerprint density at radius 2 is 2.12 bits per heavy atom. The molecule has 0 aromatic carbocycles. The van der Waals surface area contributed by atoms with Crippen LogP contribution < -0.4 is 5.32 Å². The zero-order chi connectivity index (χ0) is 12.3. The lowest BCUT2D eigenvalue weighted by Gasteiger charge is -2.33. The van der Waals surface area contributed by atoms with Crippen LogP contribution >= 0.6 is 0 Å². The van der Waals surface area contributed by atoms with E-state index < -0.39 is 0 Å². The molecule has 0 atom stereocenters. The normalized spacial score (nSPS) is 24.0. The fraction of sp³-hybridized carbons (Fsp3) is 0.786. The van der Waals surface area contributed by atoms with Gasteiger partial charge in [-0.1, -0.05) is 20.8 Å². The van der Waals surface area contributed by atoms with Gasteiger partial charge < -0.3 is 5.32 Å². The SMILES string of the molecule is CCC(CC)n1ccc(CNC2CC(C)C2)n1. The maximum atomic E-state index is 4.66. The number of nitrogens with zero attached hydrogens (tertiary/aromatic N) is 2. The highest BCUT2D eigenvalue weighted by molar-refractivity contribution is 5.00. The van der Waals surface area contributed by atoms with E-state index in [4.69, 9.17) is 0 Å². The van der Waals surface area contributed by atoms with Gasteiger partial charge in [0.25, 0.3) is 0 Å². The Labute approximate surface area is 105 Å². The van der Waals surface area contributed by atoms with E-state index in [1.807, 2.05) is 0 Å². The first-order chi connectivity index (χ1) is 8.22. The van der Waals surface area contributed by atoms with Gasteiger partial charge in [-0.3, -0.25) is 4.68 Å². The van der Waals surface area contributed by atoms with E-state index in [2.05, 4.69) is 48.1 Å². The van der Waals surface area contributed by atoms with Crippen LogP contribution in [0.2, 0.25) is 0 Å². The van der Waals surface area contributed by atoms with Crippen molar-refractivity contribution in [3.63, 3.8) is 0 Å². The lowest BCUT2D eigenvalue weighted by Crippen LogP contribution is -2.39. The molecule has 1 aromatic rings. The van der Waals surface area contributed by atoms with Crippen molar-refractivity contribution in [3.05, 3.63) is 18.0 Å². The van der Waals surface area contributed by atoms with Gasteiger partial charge in [-0.15, -0.1) is 0 Å². The van der Waals surface area contributed by atoms with Crippen molar-refractivity contribution >= 4 is 0 Å². The lowest BCUT2D eigenvalue weighted by molar-refractivity contribution is 0.239. The first-order valence-corrected chi connectivity index (χ1v) is 7.00. The highest BCUT2D eigenvalue weighted by Crippen LogP contribution is 2.26. The molecule has 1 aromatic heterocycles. The standard InChI is InChI=1S/C14H25N3/c1-4-14(5-2)17-7-6-12(16-17)10-15-13-8-11(3)9-13/h6-7,11,13-15H,4-5,8-10H2,1-3H3. The Morgan fingerprint density at radius 3 is 2.71 bits per heavy atom. The van der Waals surface area contributed by atoms with Crippen LogP contribution in [0, 0.1) is 5.92 Å². The van der Waals surface area contributed by atoms with Gasteiger partial charge in [0.2, 0.25) is 0 Å². The smallest absolute Gasteiger partial charge is 0.0762 e. The third kappa shape index (κ3) is 3.09. The average molecular weight is 235 g/mol. The second-order valence-electron chi connectivity index (χ2n) is 5.41. The Bertz CT molecular complexity index is 335. The molecule has 1 N–H and O–H groups in total. The first kappa shape index (κ1) is 12.6. The summed E-state index contributed by atoms with van der Waals surface area (Å²) in [6.07, 6.45) is 7.09. The van der Waals surface area contributed by atoms with Crippen molar-refractivity contribution in [2.24, 2.45) is 5.92 Å². The lowest BCUT2D eigenvalue weighted by atomic mass is 9.82. The molecule has 3 nitrogen and oxygen atoms in total. The van der Waals surface area contributed by atoms with Gasteiger partial charge in [-0.05, 0) is 37.7 Å². The largest absolute Gasteiger partial charge is 0.308 e. The molecule has 96 valence electrons. The molecule has 1 fully saturated rings. The van der Waals surface area contributed by atoms with Gasteiger partial charge in [-0.2, -0.15) is 5.10 Å². The van der Waals surface area contributed by atoms with Crippen LogP contribution in [0.5, 0.6) is 0 Å². The maximum absolute atomic E-state index is 4.66. The molecule has 2 rings (SSSR count). The molecule has 0 aliphatic heterocycles. The van der Waals surface area contributed by atoms with Gasteiger partial charge in [0.05, 0.1) is 11.7 Å². The predicted molar refractivity (Wildman–Crippen MR) is 70.9 cm³/mol. The summed E-state index contributed by atoms with van der Waals surface area (Å²) in [6.45, 7) is 7.69. The Morgan fingerprint density at radius 1 is 1.41 bits per heavy atom. The van der Waals surface area contributed by atoms with E-state index in [0.29, 0.717) is 6.04 Å². The van der Waals surface area contributed by atoms with E-state index >= 15 is 0 Å². The summed E-state index contributed by atoms with van der Waals surface area (Å²) in [5.74, 6) is 0.912. The monoisotopic (exact) mass is 235 g/mol. The molecule has 0 unspecified atom stereocenters. The van der Waals surface area contributed by atoms with Crippen molar-refractivity contribution in [2.75, 3.05) is 0 Å². The second-order valence-corrected chi connectivity index (χ2v) is 5.41. The first-order valence-electron chi connectivity index (χ1n) is 7.00. The van der Waals surface area contributed by atoms with E-state index in [1.54, 1.807) is 0 Å². The van der Waals surface area contributed by atoms with Crippen molar-refractivity contribution in [2.45, 2.75) is 65.1 Å². The van der Waals surface area contributed by atoms with E-state index in [-0.39, 0.29) is 0 Å². The summed E-state index contributed by atoms with van der Waals surface area (Å²) < 4.78 is 2.13. The summed E-state index contributed by atoms with van der Waals surface area (Å²) >= 11 is 0. The van der Waals surface area contributed by atoms with Crippen LogP contribution in [-0.4, -0.2) is 15.8 Å². The van der Waals surface area contributed by atoms with E-state index in [1.165, 1.54) is 18.5 Å². The van der Waals surface area contributed by atoms with Gasteiger partial charge in [0.15, 0.2) is 0 Å². The topological polar surface area (TPSA) is 29.9 Å². The minimum atomic E-state index is 0.562. The predicted octanol–water partition coefficient (Wildman–Crippen LogP) is 3.13. The molecule has 1 heterocycles. The second kappa shape index (κ2) is 5.67. The van der Waals surface area contributed by atoms with Crippen LogP contribution in [0.1, 0.15) is 58.2 Å². The minimum absolute atomic E-state index is 0.562. The zero-order valence-electron chi connectivity index (χ0n) is 11.3. The van der Waals surface area contributed by atoms with Gasteiger partial charge in [-0.25, -0.2) is 0 Å². The van der Waals surface area contributed by atoms with E-state index in [0.717, 1.165) is 31.3 Å². The van der Waals surface area contributed by atoms with Crippen LogP contribution in [-0.2, 0) is 6.54 Å². The molecule has 1 saturated carbocycles. The molecule has 3 heteroatoms. The molecular weight excluding hydrogens is 210 g/mol. The summed E-state index contributed by atoms with van der Waals surface area (Å²) in [4.78, 5) is 0. The molecule has 0 saturated heterocycles. The van der Waals surface area contributed by atoms with Crippen molar-refractivity contribution < 1.29 is 0 Å². The van der Waals surface area contributed by atoms with Gasteiger partial charge in [0, 0.05) is 18.8 Å². The number of hydrogen-bond acceptors (Lipinski definition) is 2. The molecule has 0 amide bonds. The van der Waals surface area contributed by atoms with E-state index in [9.17, 15) is 0 Å². The van der Waals surface area contributed by atoms with Gasteiger partial charge >= 0.3 is 0 Å². The van der Waals surface area contributed by atoms with Crippen molar-refractivity contribution in [3.8, 4) is 0 Å².